The van der Waals surface area contributed by atoms with E-state index in [4.69, 9.17) is 16.7 Å². The van der Waals surface area contributed by atoms with Crippen molar-refractivity contribution in [2.45, 2.75) is 6.61 Å². The third-order valence-electron chi connectivity index (χ3n) is 1.78. The standard InChI is InChI=1S/C10H9ClO3/c11-9-4-3-7(2-1-5-12)8(6-13)10(9)14/h1-5,13-14H,6H2/b2-1+. The van der Waals surface area contributed by atoms with Gasteiger partial charge in [0.15, 0.2) is 0 Å². The highest BCUT2D eigenvalue weighted by molar-refractivity contribution is 6.32. The van der Waals surface area contributed by atoms with Gasteiger partial charge in [0.2, 0.25) is 0 Å². The van der Waals surface area contributed by atoms with Crippen LogP contribution in [0.1, 0.15) is 11.1 Å². The van der Waals surface area contributed by atoms with Crippen molar-refractivity contribution in [1.29, 1.82) is 0 Å². The number of hydrogen-bond acceptors (Lipinski definition) is 3. The van der Waals surface area contributed by atoms with Crippen molar-refractivity contribution in [3.63, 3.8) is 0 Å². The average molecular weight is 213 g/mol. The number of carbonyl (C=O) groups is 1. The van der Waals surface area contributed by atoms with Crippen molar-refractivity contribution < 1.29 is 15.0 Å². The lowest BCUT2D eigenvalue weighted by atomic mass is 10.1. The van der Waals surface area contributed by atoms with Gasteiger partial charge >= 0.3 is 0 Å². The first kappa shape index (κ1) is 10.8. The van der Waals surface area contributed by atoms with Crippen molar-refractivity contribution in [3.05, 3.63) is 34.4 Å². The van der Waals surface area contributed by atoms with Crippen LogP contribution in [0.5, 0.6) is 5.75 Å². The number of rotatable bonds is 3. The lowest BCUT2D eigenvalue weighted by Gasteiger charge is -2.06. The highest BCUT2D eigenvalue weighted by Crippen LogP contribution is 2.30. The molecular weight excluding hydrogens is 204 g/mol. The van der Waals surface area contributed by atoms with Crippen LogP contribution in [0.2, 0.25) is 5.02 Å². The van der Waals surface area contributed by atoms with E-state index in [1.54, 1.807) is 6.07 Å². The molecule has 0 bridgehead atoms. The molecule has 74 valence electrons. The van der Waals surface area contributed by atoms with Gasteiger partial charge in [-0.05, 0) is 17.7 Å². The molecule has 14 heavy (non-hydrogen) atoms. The number of aliphatic hydroxyl groups is 1. The van der Waals surface area contributed by atoms with Crippen LogP contribution in [0.15, 0.2) is 18.2 Å². The minimum Gasteiger partial charge on any atom is -0.506 e. The molecule has 0 saturated carbocycles. The van der Waals surface area contributed by atoms with E-state index in [2.05, 4.69) is 0 Å². The monoisotopic (exact) mass is 212 g/mol. The Morgan fingerprint density at radius 1 is 1.43 bits per heavy atom. The van der Waals surface area contributed by atoms with Gasteiger partial charge in [0, 0.05) is 5.56 Å². The number of hydrogen-bond donors (Lipinski definition) is 2. The summed E-state index contributed by atoms with van der Waals surface area (Å²) < 4.78 is 0. The van der Waals surface area contributed by atoms with Crippen LogP contribution in [-0.4, -0.2) is 16.5 Å². The quantitative estimate of drug-likeness (QED) is 0.593. The van der Waals surface area contributed by atoms with E-state index in [1.165, 1.54) is 18.2 Å². The molecule has 0 aliphatic carbocycles. The van der Waals surface area contributed by atoms with Crippen LogP contribution in [0.3, 0.4) is 0 Å². The molecule has 0 aromatic heterocycles. The maximum Gasteiger partial charge on any atom is 0.142 e. The summed E-state index contributed by atoms with van der Waals surface area (Å²) in [7, 11) is 0. The summed E-state index contributed by atoms with van der Waals surface area (Å²) in [6.07, 6.45) is 3.39. The number of aromatic hydroxyl groups is 1. The van der Waals surface area contributed by atoms with Gasteiger partial charge in [0.05, 0.1) is 11.6 Å². The van der Waals surface area contributed by atoms with E-state index in [-0.39, 0.29) is 17.4 Å². The molecule has 0 spiro atoms. The number of phenols is 1. The third kappa shape index (κ3) is 2.13. The lowest BCUT2D eigenvalue weighted by Crippen LogP contribution is -1.90. The third-order valence-corrected chi connectivity index (χ3v) is 2.09. The SMILES string of the molecule is O=C/C=C/c1ccc(Cl)c(O)c1CO. The second-order valence-electron chi connectivity index (χ2n) is 2.62. The van der Waals surface area contributed by atoms with Gasteiger partial charge in [-0.25, -0.2) is 0 Å². The van der Waals surface area contributed by atoms with Crippen molar-refractivity contribution in [2.75, 3.05) is 0 Å². The molecule has 0 heterocycles. The summed E-state index contributed by atoms with van der Waals surface area (Å²) >= 11 is 5.64. The molecule has 2 N–H and O–H groups in total. The highest BCUT2D eigenvalue weighted by atomic mass is 35.5. The van der Waals surface area contributed by atoms with Gasteiger partial charge in [-0.3, -0.25) is 4.79 Å². The Morgan fingerprint density at radius 2 is 2.14 bits per heavy atom. The molecule has 0 unspecified atom stereocenters. The zero-order valence-electron chi connectivity index (χ0n) is 7.27. The largest absolute Gasteiger partial charge is 0.506 e. The van der Waals surface area contributed by atoms with Crippen molar-refractivity contribution in [1.82, 2.24) is 0 Å². The Bertz CT molecular complexity index is 372. The molecule has 1 aromatic carbocycles. The maximum atomic E-state index is 10.1. The summed E-state index contributed by atoms with van der Waals surface area (Å²) in [5.74, 6) is -0.151. The van der Waals surface area contributed by atoms with Crippen molar-refractivity contribution in [3.8, 4) is 5.75 Å². The number of benzene rings is 1. The zero-order chi connectivity index (χ0) is 10.6. The van der Waals surface area contributed by atoms with Crippen LogP contribution < -0.4 is 0 Å². The first-order valence-corrected chi connectivity index (χ1v) is 4.31. The molecule has 0 aliphatic rings. The number of carbonyl (C=O) groups excluding carboxylic acids is 1. The predicted octanol–water partition coefficient (Wildman–Crippen LogP) is 1.75. The Hall–Kier alpha value is -1.32. The average Bonchev–Trinajstić information content (AvgIpc) is 2.20. The van der Waals surface area contributed by atoms with Crippen LogP contribution >= 0.6 is 11.6 Å². The minimum absolute atomic E-state index is 0.151. The van der Waals surface area contributed by atoms with Gasteiger partial charge in [-0.15, -0.1) is 0 Å². The molecule has 0 radical (unpaired) electrons. The Labute approximate surface area is 86.3 Å². The van der Waals surface area contributed by atoms with E-state index in [0.29, 0.717) is 17.4 Å². The normalized spacial score (nSPS) is 10.7. The summed E-state index contributed by atoms with van der Waals surface area (Å²) in [5.41, 5.74) is 0.886. The Morgan fingerprint density at radius 3 is 2.71 bits per heavy atom. The molecule has 0 saturated heterocycles. The van der Waals surface area contributed by atoms with Crippen molar-refractivity contribution >= 4 is 24.0 Å². The molecule has 0 aliphatic heterocycles. The summed E-state index contributed by atoms with van der Waals surface area (Å²) in [4.78, 5) is 10.1. The number of aliphatic hydroxyl groups excluding tert-OH is 1. The first-order chi connectivity index (χ1) is 6.70. The Balaban J connectivity index is 3.23. The number of halogens is 1. The Kier molecular flexibility index (Phi) is 3.68. The van der Waals surface area contributed by atoms with Gasteiger partial charge < -0.3 is 10.2 Å². The first-order valence-electron chi connectivity index (χ1n) is 3.93. The van der Waals surface area contributed by atoms with Gasteiger partial charge in [-0.2, -0.15) is 0 Å². The van der Waals surface area contributed by atoms with Gasteiger partial charge in [0.1, 0.15) is 12.0 Å². The second-order valence-corrected chi connectivity index (χ2v) is 3.02. The zero-order valence-corrected chi connectivity index (χ0v) is 8.03. The van der Waals surface area contributed by atoms with Crippen molar-refractivity contribution in [2.24, 2.45) is 0 Å². The summed E-state index contributed by atoms with van der Waals surface area (Å²) in [5, 5.41) is 18.6. The van der Waals surface area contributed by atoms with E-state index in [9.17, 15) is 9.90 Å². The van der Waals surface area contributed by atoms with Gasteiger partial charge in [-0.1, -0.05) is 23.7 Å². The second kappa shape index (κ2) is 4.79. The molecule has 1 rings (SSSR count). The van der Waals surface area contributed by atoms with Crippen LogP contribution in [-0.2, 0) is 11.4 Å². The molecular formula is C10H9ClO3. The topological polar surface area (TPSA) is 57.5 Å². The number of aldehydes is 1. The van der Waals surface area contributed by atoms with Crippen LogP contribution in [0.4, 0.5) is 0 Å². The lowest BCUT2D eigenvalue weighted by molar-refractivity contribution is -0.104. The molecule has 0 fully saturated rings. The van der Waals surface area contributed by atoms with E-state index in [0.717, 1.165) is 0 Å². The number of allylic oxidation sites excluding steroid dienone is 1. The van der Waals surface area contributed by atoms with Gasteiger partial charge in [0.25, 0.3) is 0 Å². The molecule has 3 nitrogen and oxygen atoms in total. The fraction of sp³-hybridized carbons (Fsp3) is 0.100. The predicted molar refractivity (Wildman–Crippen MR) is 54.1 cm³/mol. The summed E-state index contributed by atoms with van der Waals surface area (Å²) in [6, 6.07) is 3.12. The van der Waals surface area contributed by atoms with E-state index in [1.807, 2.05) is 0 Å². The molecule has 0 atom stereocenters. The van der Waals surface area contributed by atoms with E-state index < -0.39 is 0 Å². The van der Waals surface area contributed by atoms with Crippen LogP contribution in [0, 0.1) is 0 Å². The highest BCUT2D eigenvalue weighted by Gasteiger charge is 2.08. The minimum atomic E-state index is -0.328. The molecule has 4 heteroatoms. The fourth-order valence-corrected chi connectivity index (χ4v) is 1.27. The fourth-order valence-electron chi connectivity index (χ4n) is 1.09. The van der Waals surface area contributed by atoms with E-state index >= 15 is 0 Å². The molecule has 0 amide bonds. The summed E-state index contributed by atoms with van der Waals surface area (Å²) in [6.45, 7) is -0.328. The molecule has 1 aromatic rings. The smallest absolute Gasteiger partial charge is 0.142 e. The maximum absolute atomic E-state index is 10.1. The van der Waals surface area contributed by atoms with Crippen LogP contribution in [0.25, 0.3) is 6.08 Å².